The Labute approximate surface area is 120 Å². The lowest BCUT2D eigenvalue weighted by atomic mass is 10.0. The van der Waals surface area contributed by atoms with Crippen molar-refractivity contribution in [1.29, 1.82) is 0 Å². The Bertz CT molecular complexity index is 561. The van der Waals surface area contributed by atoms with E-state index in [2.05, 4.69) is 4.72 Å². The summed E-state index contributed by atoms with van der Waals surface area (Å²) in [6.45, 7) is 7.34. The smallest absolute Gasteiger partial charge is 0.322 e. The number of nitrogens with one attached hydrogen (secondary N) is 1. The van der Waals surface area contributed by atoms with E-state index < -0.39 is 22.0 Å². The Morgan fingerprint density at radius 1 is 1.10 bits per heavy atom. The van der Waals surface area contributed by atoms with Gasteiger partial charge in [-0.15, -0.1) is 0 Å². The zero-order valence-electron chi connectivity index (χ0n) is 12.1. The molecule has 6 heteroatoms. The molecule has 112 valence electrons. The van der Waals surface area contributed by atoms with E-state index in [-0.39, 0.29) is 10.8 Å². The number of carboxylic acids is 1. The molecule has 0 radical (unpaired) electrons. The monoisotopic (exact) mass is 299 g/mol. The van der Waals surface area contributed by atoms with Crippen molar-refractivity contribution in [2.45, 2.75) is 44.6 Å². The Morgan fingerprint density at radius 3 is 1.95 bits per heavy atom. The number of aliphatic carboxylic acids is 1. The van der Waals surface area contributed by atoms with Crippen LogP contribution in [-0.2, 0) is 14.8 Å². The van der Waals surface area contributed by atoms with Crippen LogP contribution in [0.25, 0.3) is 0 Å². The zero-order chi connectivity index (χ0) is 15.5. The van der Waals surface area contributed by atoms with Crippen molar-refractivity contribution in [2.75, 3.05) is 0 Å². The van der Waals surface area contributed by atoms with Crippen molar-refractivity contribution in [3.63, 3.8) is 0 Å². The third-order valence-electron chi connectivity index (χ3n) is 3.07. The number of hydrogen-bond acceptors (Lipinski definition) is 3. The molecule has 0 aliphatic rings. The first-order chi connectivity index (χ1) is 9.15. The molecule has 0 bridgehead atoms. The molecule has 0 unspecified atom stereocenters. The van der Waals surface area contributed by atoms with Crippen LogP contribution in [-0.4, -0.2) is 25.5 Å². The molecule has 5 nitrogen and oxygen atoms in total. The van der Waals surface area contributed by atoms with Crippen molar-refractivity contribution < 1.29 is 18.3 Å². The first-order valence-electron chi connectivity index (χ1n) is 6.50. The van der Waals surface area contributed by atoms with Crippen LogP contribution < -0.4 is 4.72 Å². The summed E-state index contributed by atoms with van der Waals surface area (Å²) in [6.07, 6.45) is 0. The van der Waals surface area contributed by atoms with Crippen LogP contribution in [0.4, 0.5) is 0 Å². The van der Waals surface area contributed by atoms with Gasteiger partial charge in [-0.1, -0.05) is 39.8 Å². The summed E-state index contributed by atoms with van der Waals surface area (Å²) in [4.78, 5) is 11.1. The molecular formula is C14H21NO4S. The minimum atomic E-state index is -3.82. The van der Waals surface area contributed by atoms with Gasteiger partial charge in [0.2, 0.25) is 10.0 Å². The number of carbonyl (C=O) groups is 1. The van der Waals surface area contributed by atoms with E-state index in [1.807, 2.05) is 13.8 Å². The standard InChI is InChI=1S/C14H21NO4S/c1-9(2)11-5-7-12(8-6-11)20(18,19)15-13(10(3)4)14(16)17/h5-10,13,15H,1-4H3,(H,16,17)/t13-/m1/s1. The number of carboxylic acid groups (broad SMARTS) is 1. The first kappa shape index (κ1) is 16.7. The van der Waals surface area contributed by atoms with Crippen LogP contribution in [0.3, 0.4) is 0 Å². The van der Waals surface area contributed by atoms with Crippen LogP contribution in [0.2, 0.25) is 0 Å². The van der Waals surface area contributed by atoms with Gasteiger partial charge in [0, 0.05) is 0 Å². The molecule has 0 spiro atoms. The van der Waals surface area contributed by atoms with Gasteiger partial charge in [0.1, 0.15) is 6.04 Å². The van der Waals surface area contributed by atoms with Gasteiger partial charge >= 0.3 is 5.97 Å². The lowest BCUT2D eigenvalue weighted by molar-refractivity contribution is -0.140. The fraction of sp³-hybridized carbons (Fsp3) is 0.500. The van der Waals surface area contributed by atoms with E-state index >= 15 is 0 Å². The third-order valence-corrected chi connectivity index (χ3v) is 4.53. The SMILES string of the molecule is CC(C)c1ccc(S(=O)(=O)N[C@@H](C(=O)O)C(C)C)cc1. The second kappa shape index (κ2) is 6.37. The second-order valence-electron chi connectivity index (χ2n) is 5.40. The average molecular weight is 299 g/mol. The third kappa shape index (κ3) is 4.05. The number of rotatable bonds is 6. The van der Waals surface area contributed by atoms with Crippen LogP contribution in [0.1, 0.15) is 39.2 Å². The predicted molar refractivity (Wildman–Crippen MR) is 77.1 cm³/mol. The van der Waals surface area contributed by atoms with E-state index in [0.29, 0.717) is 5.92 Å². The maximum atomic E-state index is 12.2. The van der Waals surface area contributed by atoms with Crippen molar-refractivity contribution in [2.24, 2.45) is 5.92 Å². The van der Waals surface area contributed by atoms with Gasteiger partial charge in [0.15, 0.2) is 0 Å². The van der Waals surface area contributed by atoms with Gasteiger partial charge in [0.05, 0.1) is 4.90 Å². The highest BCUT2D eigenvalue weighted by Gasteiger charge is 2.27. The topological polar surface area (TPSA) is 83.5 Å². The largest absolute Gasteiger partial charge is 0.480 e. The van der Waals surface area contributed by atoms with E-state index in [4.69, 9.17) is 5.11 Å². The van der Waals surface area contributed by atoms with Gasteiger partial charge in [-0.3, -0.25) is 4.79 Å². The Morgan fingerprint density at radius 2 is 1.60 bits per heavy atom. The molecule has 1 rings (SSSR count). The molecule has 0 saturated carbocycles. The van der Waals surface area contributed by atoms with Crippen LogP contribution in [0, 0.1) is 5.92 Å². The van der Waals surface area contributed by atoms with Gasteiger partial charge in [-0.05, 0) is 29.5 Å². The molecule has 0 amide bonds. The highest BCUT2D eigenvalue weighted by Crippen LogP contribution is 2.18. The van der Waals surface area contributed by atoms with E-state index in [1.165, 1.54) is 12.1 Å². The molecule has 0 aromatic heterocycles. The minimum Gasteiger partial charge on any atom is -0.480 e. The zero-order valence-corrected chi connectivity index (χ0v) is 12.9. The predicted octanol–water partition coefficient (Wildman–Crippen LogP) is 2.20. The maximum absolute atomic E-state index is 12.2. The van der Waals surface area contributed by atoms with E-state index in [9.17, 15) is 13.2 Å². The van der Waals surface area contributed by atoms with Crippen molar-refractivity contribution in [1.82, 2.24) is 4.72 Å². The highest BCUT2D eigenvalue weighted by atomic mass is 32.2. The lowest BCUT2D eigenvalue weighted by Gasteiger charge is -2.18. The molecule has 1 aromatic rings. The molecule has 0 saturated heterocycles. The van der Waals surface area contributed by atoms with E-state index in [0.717, 1.165) is 5.56 Å². The summed E-state index contributed by atoms with van der Waals surface area (Å²) >= 11 is 0. The number of sulfonamides is 1. The molecule has 0 aliphatic heterocycles. The summed E-state index contributed by atoms with van der Waals surface area (Å²) in [5.41, 5.74) is 1.03. The molecule has 1 atom stereocenters. The van der Waals surface area contributed by atoms with Crippen molar-refractivity contribution >= 4 is 16.0 Å². The van der Waals surface area contributed by atoms with Crippen molar-refractivity contribution in [3.8, 4) is 0 Å². The van der Waals surface area contributed by atoms with Crippen LogP contribution >= 0.6 is 0 Å². The molecule has 0 aliphatic carbocycles. The normalized spacial score (nSPS) is 13.7. The Balaban J connectivity index is 3.01. The minimum absolute atomic E-state index is 0.0776. The first-order valence-corrected chi connectivity index (χ1v) is 7.98. The molecule has 20 heavy (non-hydrogen) atoms. The van der Waals surface area contributed by atoms with Gasteiger partial charge in [-0.2, -0.15) is 4.72 Å². The van der Waals surface area contributed by atoms with Crippen LogP contribution in [0.5, 0.6) is 0 Å². The van der Waals surface area contributed by atoms with Crippen molar-refractivity contribution in [3.05, 3.63) is 29.8 Å². The lowest BCUT2D eigenvalue weighted by Crippen LogP contribution is -2.44. The number of benzene rings is 1. The maximum Gasteiger partial charge on any atom is 0.322 e. The summed E-state index contributed by atoms with van der Waals surface area (Å²) in [5, 5.41) is 9.04. The highest BCUT2D eigenvalue weighted by molar-refractivity contribution is 7.89. The Kier molecular flexibility index (Phi) is 5.30. The molecular weight excluding hydrogens is 278 g/mol. The van der Waals surface area contributed by atoms with Crippen LogP contribution in [0.15, 0.2) is 29.2 Å². The summed E-state index contributed by atoms with van der Waals surface area (Å²) in [6, 6.07) is 5.34. The summed E-state index contributed by atoms with van der Waals surface area (Å²) in [5.74, 6) is -1.21. The second-order valence-corrected chi connectivity index (χ2v) is 7.12. The molecule has 2 N–H and O–H groups in total. The quantitative estimate of drug-likeness (QED) is 0.843. The van der Waals surface area contributed by atoms with Gasteiger partial charge in [-0.25, -0.2) is 8.42 Å². The number of hydrogen-bond donors (Lipinski definition) is 2. The fourth-order valence-electron chi connectivity index (χ4n) is 1.74. The molecule has 1 aromatic carbocycles. The van der Waals surface area contributed by atoms with Gasteiger partial charge < -0.3 is 5.11 Å². The Hall–Kier alpha value is -1.40. The summed E-state index contributed by atoms with van der Waals surface area (Å²) < 4.78 is 26.5. The molecule has 0 heterocycles. The summed E-state index contributed by atoms with van der Waals surface area (Å²) in [7, 11) is -3.82. The molecule has 0 fully saturated rings. The average Bonchev–Trinajstić information content (AvgIpc) is 2.35. The van der Waals surface area contributed by atoms with Gasteiger partial charge in [0.25, 0.3) is 0 Å². The fourth-order valence-corrected chi connectivity index (χ4v) is 3.08. The van der Waals surface area contributed by atoms with E-state index in [1.54, 1.807) is 26.0 Å².